The van der Waals surface area contributed by atoms with Gasteiger partial charge in [0.05, 0.1) is 7.11 Å². The maximum absolute atomic E-state index is 13.9. The Hall–Kier alpha value is -3.01. The van der Waals surface area contributed by atoms with Crippen LogP contribution in [0.5, 0.6) is 5.75 Å². The molecule has 1 aromatic heterocycles. The number of methoxy groups -OCH3 is 1. The molecule has 29 heavy (non-hydrogen) atoms. The maximum Gasteiger partial charge on any atom is 0.248 e. The van der Waals surface area contributed by atoms with Gasteiger partial charge in [0.1, 0.15) is 16.5 Å². The van der Waals surface area contributed by atoms with Gasteiger partial charge in [0, 0.05) is 27.1 Å². The molecule has 0 atom stereocenters. The molecular formula is C20H17FN2O4S2. The molecule has 6 nitrogen and oxygen atoms in total. The average Bonchev–Trinajstić information content (AvgIpc) is 3.15. The van der Waals surface area contributed by atoms with Crippen LogP contribution in [0, 0.1) is 5.82 Å². The number of hydrogen-bond donors (Lipinski definition) is 2. The Balaban J connectivity index is 1.73. The lowest BCUT2D eigenvalue weighted by atomic mass is 10.2. The number of anilines is 1. The second-order valence-electron chi connectivity index (χ2n) is 5.92. The van der Waals surface area contributed by atoms with E-state index in [0.717, 1.165) is 9.75 Å². The molecule has 0 bridgehead atoms. The number of thiophene rings is 1. The highest BCUT2D eigenvalue weighted by molar-refractivity contribution is 7.89. The standard InChI is InChI=1S/C20H17FN2O4S2/c1-27-17-9-6-13(12-19(17)29(22,25)26)23-20(24)11-8-14-7-10-18(28-14)15-4-2-3-5-16(15)21/h2-12H,1H3,(H,23,24)(H2,22,25,26)/b11-8+. The van der Waals surface area contributed by atoms with Crippen molar-refractivity contribution in [1.82, 2.24) is 0 Å². The maximum atomic E-state index is 13.9. The third-order valence-corrected chi connectivity index (χ3v) is 5.92. The van der Waals surface area contributed by atoms with Crippen LogP contribution in [0.25, 0.3) is 16.5 Å². The Morgan fingerprint density at radius 2 is 1.93 bits per heavy atom. The molecule has 0 saturated carbocycles. The number of sulfonamides is 1. The lowest BCUT2D eigenvalue weighted by Crippen LogP contribution is -2.15. The minimum Gasteiger partial charge on any atom is -0.495 e. The smallest absolute Gasteiger partial charge is 0.248 e. The molecule has 3 N–H and O–H groups in total. The van der Waals surface area contributed by atoms with Crippen molar-refractivity contribution in [2.45, 2.75) is 4.90 Å². The third kappa shape index (κ3) is 5.08. The summed E-state index contributed by atoms with van der Waals surface area (Å²) >= 11 is 1.34. The van der Waals surface area contributed by atoms with Gasteiger partial charge in [0.25, 0.3) is 0 Å². The van der Waals surface area contributed by atoms with Crippen molar-refractivity contribution in [2.75, 3.05) is 12.4 Å². The van der Waals surface area contributed by atoms with E-state index in [1.165, 1.54) is 48.8 Å². The zero-order chi connectivity index (χ0) is 21.0. The van der Waals surface area contributed by atoms with Crippen LogP contribution in [0.3, 0.4) is 0 Å². The second kappa shape index (κ2) is 8.56. The van der Waals surface area contributed by atoms with Gasteiger partial charge in [-0.3, -0.25) is 4.79 Å². The molecule has 0 aliphatic carbocycles. The molecule has 3 aromatic rings. The number of ether oxygens (including phenoxy) is 1. The highest BCUT2D eigenvalue weighted by Crippen LogP contribution is 2.30. The van der Waals surface area contributed by atoms with Gasteiger partial charge >= 0.3 is 0 Å². The Kier molecular flexibility index (Phi) is 6.12. The largest absolute Gasteiger partial charge is 0.495 e. The molecule has 0 aliphatic heterocycles. The SMILES string of the molecule is COc1ccc(NC(=O)/C=C/c2ccc(-c3ccccc3F)s2)cc1S(N)(=O)=O. The molecular weight excluding hydrogens is 415 g/mol. The van der Waals surface area contributed by atoms with Gasteiger partial charge in [0.2, 0.25) is 15.9 Å². The van der Waals surface area contributed by atoms with Crippen LogP contribution in [0.4, 0.5) is 10.1 Å². The summed E-state index contributed by atoms with van der Waals surface area (Å²) in [6.07, 6.45) is 2.90. The first-order chi connectivity index (χ1) is 13.8. The molecule has 0 fully saturated rings. The molecule has 0 aliphatic rings. The normalized spacial score (nSPS) is 11.6. The zero-order valence-electron chi connectivity index (χ0n) is 15.3. The first-order valence-electron chi connectivity index (χ1n) is 8.32. The second-order valence-corrected chi connectivity index (χ2v) is 8.56. The number of rotatable bonds is 6. The Morgan fingerprint density at radius 3 is 2.62 bits per heavy atom. The van der Waals surface area contributed by atoms with Gasteiger partial charge in [-0.25, -0.2) is 17.9 Å². The van der Waals surface area contributed by atoms with Crippen LogP contribution in [0.1, 0.15) is 4.88 Å². The van der Waals surface area contributed by atoms with Crippen molar-refractivity contribution in [3.63, 3.8) is 0 Å². The van der Waals surface area contributed by atoms with Crippen molar-refractivity contribution in [2.24, 2.45) is 5.14 Å². The number of benzene rings is 2. The fourth-order valence-corrected chi connectivity index (χ4v) is 4.23. The first kappa shape index (κ1) is 20.7. The van der Waals surface area contributed by atoms with E-state index in [4.69, 9.17) is 9.88 Å². The minimum absolute atomic E-state index is 0.0836. The molecule has 150 valence electrons. The summed E-state index contributed by atoms with van der Waals surface area (Å²) in [5.41, 5.74) is 0.748. The number of hydrogen-bond acceptors (Lipinski definition) is 5. The summed E-state index contributed by atoms with van der Waals surface area (Å²) in [6.45, 7) is 0. The number of primary sulfonamides is 1. The van der Waals surface area contributed by atoms with Gasteiger partial charge in [-0.1, -0.05) is 18.2 Å². The van der Waals surface area contributed by atoms with Gasteiger partial charge in [0.15, 0.2) is 0 Å². The highest BCUT2D eigenvalue weighted by atomic mass is 32.2. The van der Waals surface area contributed by atoms with E-state index in [2.05, 4.69) is 5.32 Å². The fraction of sp³-hybridized carbons (Fsp3) is 0.0500. The quantitative estimate of drug-likeness (QED) is 0.578. The van der Waals surface area contributed by atoms with Crippen molar-refractivity contribution in [1.29, 1.82) is 0 Å². The zero-order valence-corrected chi connectivity index (χ0v) is 16.9. The van der Waals surface area contributed by atoms with Gasteiger partial charge in [-0.2, -0.15) is 0 Å². The number of halogens is 1. The van der Waals surface area contributed by atoms with E-state index in [0.29, 0.717) is 5.56 Å². The molecule has 1 heterocycles. The van der Waals surface area contributed by atoms with Crippen LogP contribution in [0.15, 0.2) is 65.6 Å². The molecule has 0 radical (unpaired) electrons. The number of nitrogens with one attached hydrogen (secondary N) is 1. The summed E-state index contributed by atoms with van der Waals surface area (Å²) in [7, 11) is -2.69. The van der Waals surface area contributed by atoms with Crippen LogP contribution >= 0.6 is 11.3 Å². The third-order valence-electron chi connectivity index (χ3n) is 3.90. The van der Waals surface area contributed by atoms with Gasteiger partial charge < -0.3 is 10.1 Å². The van der Waals surface area contributed by atoms with Crippen LogP contribution in [-0.4, -0.2) is 21.4 Å². The van der Waals surface area contributed by atoms with Crippen LogP contribution in [0.2, 0.25) is 0 Å². The molecule has 3 rings (SSSR count). The minimum atomic E-state index is -4.01. The van der Waals surface area contributed by atoms with E-state index in [-0.39, 0.29) is 22.1 Å². The Bertz CT molecular complexity index is 1190. The fourth-order valence-electron chi connectivity index (χ4n) is 2.57. The number of amides is 1. The summed E-state index contributed by atoms with van der Waals surface area (Å²) < 4.78 is 42.1. The predicted molar refractivity (Wildman–Crippen MR) is 112 cm³/mol. The van der Waals surface area contributed by atoms with Crippen LogP contribution < -0.4 is 15.2 Å². The lowest BCUT2D eigenvalue weighted by Gasteiger charge is -2.09. The van der Waals surface area contributed by atoms with E-state index in [1.807, 2.05) is 0 Å². The number of nitrogens with two attached hydrogens (primary N) is 1. The Morgan fingerprint density at radius 1 is 1.17 bits per heavy atom. The van der Waals surface area contributed by atoms with Gasteiger partial charge in [-0.15, -0.1) is 11.3 Å². The first-order valence-corrected chi connectivity index (χ1v) is 10.7. The topological polar surface area (TPSA) is 98.5 Å². The average molecular weight is 432 g/mol. The summed E-state index contributed by atoms with van der Waals surface area (Å²) in [5, 5.41) is 7.74. The molecule has 0 spiro atoms. The van der Waals surface area contributed by atoms with E-state index in [9.17, 15) is 17.6 Å². The van der Waals surface area contributed by atoms with E-state index >= 15 is 0 Å². The van der Waals surface area contributed by atoms with E-state index in [1.54, 1.807) is 36.4 Å². The van der Waals surface area contributed by atoms with Crippen molar-refractivity contribution < 1.29 is 22.3 Å². The number of carbonyl (C=O) groups excluding carboxylic acids is 1. The summed E-state index contributed by atoms with van der Waals surface area (Å²) in [4.78, 5) is 13.4. The number of carbonyl (C=O) groups is 1. The van der Waals surface area contributed by atoms with Gasteiger partial charge in [-0.05, 0) is 42.5 Å². The molecule has 9 heteroatoms. The van der Waals surface area contributed by atoms with E-state index < -0.39 is 15.9 Å². The molecule has 0 saturated heterocycles. The lowest BCUT2D eigenvalue weighted by molar-refractivity contribution is -0.111. The monoisotopic (exact) mass is 432 g/mol. The van der Waals surface area contributed by atoms with Crippen molar-refractivity contribution in [3.05, 3.63) is 71.4 Å². The molecule has 1 amide bonds. The van der Waals surface area contributed by atoms with Crippen molar-refractivity contribution >= 4 is 39.0 Å². The summed E-state index contributed by atoms with van der Waals surface area (Å²) in [5.74, 6) is -0.690. The highest BCUT2D eigenvalue weighted by Gasteiger charge is 2.16. The van der Waals surface area contributed by atoms with Crippen LogP contribution in [-0.2, 0) is 14.8 Å². The predicted octanol–water partition coefficient (Wildman–Crippen LogP) is 3.86. The van der Waals surface area contributed by atoms with Crippen molar-refractivity contribution in [3.8, 4) is 16.2 Å². The molecule has 0 unspecified atom stereocenters. The molecule has 2 aromatic carbocycles. The Labute approximate surface area is 171 Å². The summed E-state index contributed by atoms with van der Waals surface area (Å²) in [6, 6.07) is 14.1.